The fraction of sp³-hybridized carbons (Fsp3) is 0.583. The van der Waals surface area contributed by atoms with Gasteiger partial charge in [0.25, 0.3) is 5.69 Å². The van der Waals surface area contributed by atoms with Crippen LogP contribution in [0.3, 0.4) is 0 Å². The van der Waals surface area contributed by atoms with E-state index in [0.29, 0.717) is 11.4 Å². The number of nitrogens with one attached hydrogen (secondary N) is 1. The van der Waals surface area contributed by atoms with Gasteiger partial charge < -0.3 is 10.1 Å². The maximum Gasteiger partial charge on any atom is 0.290 e. The van der Waals surface area contributed by atoms with Crippen LogP contribution in [0.25, 0.3) is 0 Å². The summed E-state index contributed by atoms with van der Waals surface area (Å²) in [4.78, 5) is 14.4. The van der Waals surface area contributed by atoms with E-state index in [1.54, 1.807) is 13.0 Å². The predicted molar refractivity (Wildman–Crippen MR) is 67.7 cm³/mol. The normalized spacial score (nSPS) is 27.2. The topological polar surface area (TPSA) is 77.3 Å². The number of aromatic nitrogens is 1. The third-order valence-corrected chi connectivity index (χ3v) is 3.58. The Kier molecular flexibility index (Phi) is 3.21. The van der Waals surface area contributed by atoms with E-state index in [1.165, 1.54) is 6.20 Å². The van der Waals surface area contributed by atoms with E-state index in [0.717, 1.165) is 13.0 Å². The van der Waals surface area contributed by atoms with Crippen molar-refractivity contribution in [2.75, 3.05) is 11.9 Å². The fourth-order valence-corrected chi connectivity index (χ4v) is 2.10. The van der Waals surface area contributed by atoms with Crippen LogP contribution in [0.1, 0.15) is 25.8 Å². The van der Waals surface area contributed by atoms with Crippen LogP contribution >= 0.6 is 0 Å². The molecule has 2 unspecified atom stereocenters. The van der Waals surface area contributed by atoms with Crippen LogP contribution in [0.4, 0.5) is 11.5 Å². The second kappa shape index (κ2) is 4.53. The summed E-state index contributed by atoms with van der Waals surface area (Å²) in [6.45, 7) is 6.51. The molecule has 1 N–H and O–H groups in total. The monoisotopic (exact) mass is 251 g/mol. The number of ether oxygens (including phenoxy) is 1. The van der Waals surface area contributed by atoms with E-state index in [9.17, 15) is 10.1 Å². The summed E-state index contributed by atoms with van der Waals surface area (Å²) in [6.07, 6.45) is 2.28. The smallest absolute Gasteiger partial charge is 0.290 e. The van der Waals surface area contributed by atoms with Gasteiger partial charge >= 0.3 is 0 Å². The van der Waals surface area contributed by atoms with Crippen LogP contribution in [0, 0.1) is 17.0 Å². The zero-order valence-electron chi connectivity index (χ0n) is 10.8. The molecule has 1 aliphatic rings. The molecule has 0 aromatic carbocycles. The zero-order chi connectivity index (χ0) is 13.3. The van der Waals surface area contributed by atoms with Crippen molar-refractivity contribution < 1.29 is 9.66 Å². The van der Waals surface area contributed by atoms with Gasteiger partial charge in [-0.15, -0.1) is 0 Å². The minimum atomic E-state index is -0.421. The standard InChI is InChI=1S/C12H17N3O3/c1-8-6-11(13-7-10(8)15(16)17)14-12(3)4-5-18-9(12)2/h6-7,9H,4-5H2,1-3H3,(H,13,14). The van der Waals surface area contributed by atoms with E-state index in [2.05, 4.69) is 17.2 Å². The van der Waals surface area contributed by atoms with Gasteiger partial charge in [-0.2, -0.15) is 0 Å². The maximum absolute atomic E-state index is 10.7. The van der Waals surface area contributed by atoms with Crippen molar-refractivity contribution in [1.29, 1.82) is 0 Å². The first-order chi connectivity index (χ1) is 8.42. The van der Waals surface area contributed by atoms with Crippen LogP contribution in [0.2, 0.25) is 0 Å². The van der Waals surface area contributed by atoms with Crippen molar-refractivity contribution >= 4 is 11.5 Å². The number of aryl methyl sites for hydroxylation is 1. The molecule has 2 rings (SSSR count). The molecule has 2 heterocycles. The summed E-state index contributed by atoms with van der Waals surface area (Å²) < 4.78 is 5.53. The number of nitrogens with zero attached hydrogens (tertiary/aromatic N) is 2. The van der Waals surface area contributed by atoms with Gasteiger partial charge in [-0.3, -0.25) is 10.1 Å². The number of rotatable bonds is 3. The SMILES string of the molecule is Cc1cc(NC2(C)CCOC2C)ncc1[N+](=O)[O-]. The molecule has 6 nitrogen and oxygen atoms in total. The third kappa shape index (κ3) is 2.28. The van der Waals surface area contributed by atoms with Crippen molar-refractivity contribution in [3.63, 3.8) is 0 Å². The number of nitro groups is 1. The van der Waals surface area contributed by atoms with E-state index >= 15 is 0 Å². The average Bonchev–Trinajstić information content (AvgIpc) is 2.58. The minimum absolute atomic E-state index is 0.0430. The Morgan fingerprint density at radius 1 is 1.67 bits per heavy atom. The molecule has 1 aliphatic heterocycles. The average molecular weight is 251 g/mol. The molecule has 1 aromatic heterocycles. The summed E-state index contributed by atoms with van der Waals surface area (Å²) in [7, 11) is 0. The van der Waals surface area contributed by atoms with Gasteiger partial charge in [-0.25, -0.2) is 4.98 Å². The fourth-order valence-electron chi connectivity index (χ4n) is 2.10. The summed E-state index contributed by atoms with van der Waals surface area (Å²) in [5.41, 5.74) is 0.476. The highest BCUT2D eigenvalue weighted by Crippen LogP contribution is 2.30. The number of hydrogen-bond donors (Lipinski definition) is 1. The van der Waals surface area contributed by atoms with Crippen LogP contribution in [-0.2, 0) is 4.74 Å². The first-order valence-electron chi connectivity index (χ1n) is 5.93. The van der Waals surface area contributed by atoms with Crippen molar-refractivity contribution in [2.24, 2.45) is 0 Å². The Hall–Kier alpha value is -1.69. The first-order valence-corrected chi connectivity index (χ1v) is 5.93. The van der Waals surface area contributed by atoms with E-state index in [-0.39, 0.29) is 17.3 Å². The Morgan fingerprint density at radius 2 is 2.39 bits per heavy atom. The van der Waals surface area contributed by atoms with Gasteiger partial charge in [0.2, 0.25) is 0 Å². The van der Waals surface area contributed by atoms with Gasteiger partial charge in [-0.1, -0.05) is 0 Å². The molecule has 2 atom stereocenters. The summed E-state index contributed by atoms with van der Waals surface area (Å²) >= 11 is 0. The van der Waals surface area contributed by atoms with E-state index < -0.39 is 4.92 Å². The van der Waals surface area contributed by atoms with Gasteiger partial charge in [-0.05, 0) is 33.3 Å². The molecule has 1 saturated heterocycles. The van der Waals surface area contributed by atoms with Gasteiger partial charge in [0.1, 0.15) is 12.0 Å². The lowest BCUT2D eigenvalue weighted by Gasteiger charge is -2.29. The number of hydrogen-bond acceptors (Lipinski definition) is 5. The lowest BCUT2D eigenvalue weighted by Crippen LogP contribution is -2.41. The quantitative estimate of drug-likeness (QED) is 0.658. The van der Waals surface area contributed by atoms with E-state index in [4.69, 9.17) is 4.74 Å². The summed E-state index contributed by atoms with van der Waals surface area (Å²) in [5.74, 6) is 0.651. The third-order valence-electron chi connectivity index (χ3n) is 3.58. The van der Waals surface area contributed by atoms with Crippen LogP contribution in [-0.4, -0.2) is 28.2 Å². The largest absolute Gasteiger partial charge is 0.376 e. The molecule has 98 valence electrons. The first kappa shape index (κ1) is 12.8. The van der Waals surface area contributed by atoms with Gasteiger partial charge in [0.15, 0.2) is 0 Å². The highest BCUT2D eigenvalue weighted by Gasteiger charge is 2.37. The van der Waals surface area contributed by atoms with Crippen molar-refractivity contribution in [2.45, 2.75) is 38.8 Å². The summed E-state index contributed by atoms with van der Waals surface area (Å²) in [6, 6.07) is 1.70. The maximum atomic E-state index is 10.7. The Bertz CT molecular complexity index is 478. The summed E-state index contributed by atoms with van der Waals surface area (Å²) in [5, 5.41) is 14.0. The Morgan fingerprint density at radius 3 is 2.89 bits per heavy atom. The second-order valence-electron chi connectivity index (χ2n) is 4.92. The molecule has 0 radical (unpaired) electrons. The molecule has 1 aromatic rings. The lowest BCUT2D eigenvalue weighted by molar-refractivity contribution is -0.385. The van der Waals surface area contributed by atoms with Crippen molar-refractivity contribution in [1.82, 2.24) is 4.98 Å². The van der Waals surface area contributed by atoms with Gasteiger partial charge in [0, 0.05) is 12.2 Å². The lowest BCUT2D eigenvalue weighted by atomic mass is 9.94. The van der Waals surface area contributed by atoms with Crippen molar-refractivity contribution in [3.05, 3.63) is 27.9 Å². The van der Waals surface area contributed by atoms with Crippen LogP contribution in [0.5, 0.6) is 0 Å². The van der Waals surface area contributed by atoms with Crippen LogP contribution < -0.4 is 5.32 Å². The minimum Gasteiger partial charge on any atom is -0.376 e. The van der Waals surface area contributed by atoms with Crippen molar-refractivity contribution in [3.8, 4) is 0 Å². The molecular weight excluding hydrogens is 234 g/mol. The molecule has 0 amide bonds. The molecule has 0 spiro atoms. The molecule has 6 heteroatoms. The highest BCUT2D eigenvalue weighted by molar-refractivity contribution is 5.48. The van der Waals surface area contributed by atoms with Gasteiger partial charge in [0.05, 0.1) is 16.6 Å². The Labute approximate surface area is 106 Å². The Balaban J connectivity index is 2.20. The molecule has 1 fully saturated rings. The number of pyridine rings is 1. The molecular formula is C12H17N3O3. The van der Waals surface area contributed by atoms with Crippen LogP contribution in [0.15, 0.2) is 12.3 Å². The number of anilines is 1. The zero-order valence-corrected chi connectivity index (χ0v) is 10.8. The molecule has 0 saturated carbocycles. The molecule has 0 aliphatic carbocycles. The van der Waals surface area contributed by atoms with E-state index in [1.807, 2.05) is 6.92 Å². The predicted octanol–water partition coefficient (Wildman–Crippen LogP) is 2.28. The highest BCUT2D eigenvalue weighted by atomic mass is 16.6. The molecule has 18 heavy (non-hydrogen) atoms. The molecule has 0 bridgehead atoms. The second-order valence-corrected chi connectivity index (χ2v) is 4.92.